The Morgan fingerprint density at radius 3 is 2.22 bits per heavy atom. The molecule has 2 aromatic carbocycles. The van der Waals surface area contributed by atoms with Crippen LogP contribution in [0.5, 0.6) is 0 Å². The minimum atomic E-state index is -0.323. The topological polar surface area (TPSA) is 79.0 Å². The van der Waals surface area contributed by atoms with Crippen LogP contribution in [0.2, 0.25) is 0 Å². The summed E-state index contributed by atoms with van der Waals surface area (Å²) in [6, 6.07) is 19.4. The Balaban J connectivity index is 1.19. The molecule has 2 heterocycles. The molecule has 1 unspecified atom stereocenters. The Kier molecular flexibility index (Phi) is 7.04. The zero-order chi connectivity index (χ0) is 22.3. The number of nitrogens with one attached hydrogen (secondary N) is 1. The van der Waals surface area contributed by atoms with Gasteiger partial charge in [0, 0.05) is 38.6 Å². The van der Waals surface area contributed by atoms with Crippen LogP contribution in [0.25, 0.3) is 0 Å². The van der Waals surface area contributed by atoms with Crippen LogP contribution in [-0.2, 0) is 27.5 Å². The molecule has 1 atom stereocenters. The second-order valence-electron chi connectivity index (χ2n) is 8.47. The molecule has 0 spiro atoms. The van der Waals surface area contributed by atoms with Crippen LogP contribution in [-0.4, -0.2) is 53.4 Å². The maximum absolute atomic E-state index is 12.7. The maximum atomic E-state index is 12.7. The number of hydrogen-bond donors (Lipinski definition) is 1. The number of amides is 3. The van der Waals surface area contributed by atoms with E-state index in [1.807, 2.05) is 60.7 Å². The van der Waals surface area contributed by atoms with E-state index in [0.717, 1.165) is 11.1 Å². The highest BCUT2D eigenvalue weighted by molar-refractivity contribution is 5.89. The molecule has 7 heteroatoms. The number of carbonyl (C=O) groups is 3. The van der Waals surface area contributed by atoms with Crippen LogP contribution in [0, 0.1) is 5.92 Å². The molecule has 2 saturated heterocycles. The van der Waals surface area contributed by atoms with Gasteiger partial charge >= 0.3 is 6.09 Å². The second kappa shape index (κ2) is 10.3. The molecular formula is C25H29N3O4. The van der Waals surface area contributed by atoms with Crippen molar-refractivity contribution in [2.45, 2.75) is 38.5 Å². The molecule has 7 nitrogen and oxygen atoms in total. The molecule has 2 aromatic rings. The first-order valence-electron chi connectivity index (χ1n) is 11.2. The fourth-order valence-corrected chi connectivity index (χ4v) is 4.24. The highest BCUT2D eigenvalue weighted by Crippen LogP contribution is 2.21. The Labute approximate surface area is 188 Å². The van der Waals surface area contributed by atoms with Crippen molar-refractivity contribution in [2.24, 2.45) is 5.92 Å². The average Bonchev–Trinajstić information content (AvgIpc) is 3.19. The number of ether oxygens (including phenoxy) is 1. The molecule has 32 heavy (non-hydrogen) atoms. The fraction of sp³-hybridized carbons (Fsp3) is 0.400. The van der Waals surface area contributed by atoms with Crippen LogP contribution >= 0.6 is 0 Å². The van der Waals surface area contributed by atoms with Gasteiger partial charge in [-0.25, -0.2) is 4.79 Å². The second-order valence-corrected chi connectivity index (χ2v) is 8.47. The fourth-order valence-electron chi connectivity index (χ4n) is 4.24. The molecule has 0 aliphatic carbocycles. The summed E-state index contributed by atoms with van der Waals surface area (Å²) in [5.41, 5.74) is 2.02. The molecule has 3 amide bonds. The van der Waals surface area contributed by atoms with Crippen molar-refractivity contribution >= 4 is 17.9 Å². The lowest BCUT2D eigenvalue weighted by Gasteiger charge is -2.32. The van der Waals surface area contributed by atoms with E-state index in [1.54, 1.807) is 9.80 Å². The Morgan fingerprint density at radius 1 is 0.938 bits per heavy atom. The highest BCUT2D eigenvalue weighted by atomic mass is 16.6. The molecule has 0 saturated carbocycles. The van der Waals surface area contributed by atoms with Gasteiger partial charge in [0.25, 0.3) is 0 Å². The molecule has 2 aliphatic rings. The maximum Gasteiger partial charge on any atom is 0.410 e. The zero-order valence-corrected chi connectivity index (χ0v) is 18.1. The molecule has 2 fully saturated rings. The zero-order valence-electron chi connectivity index (χ0n) is 18.1. The summed E-state index contributed by atoms with van der Waals surface area (Å²) in [7, 11) is 0. The van der Waals surface area contributed by atoms with E-state index in [2.05, 4.69) is 5.32 Å². The third-order valence-corrected chi connectivity index (χ3v) is 6.11. The number of piperidine rings is 1. The van der Waals surface area contributed by atoms with Gasteiger partial charge in [-0.2, -0.15) is 0 Å². The molecule has 168 valence electrons. The summed E-state index contributed by atoms with van der Waals surface area (Å²) in [6.07, 6.45) is 1.29. The van der Waals surface area contributed by atoms with Crippen molar-refractivity contribution in [2.75, 3.05) is 19.6 Å². The van der Waals surface area contributed by atoms with Crippen molar-refractivity contribution in [1.29, 1.82) is 0 Å². The van der Waals surface area contributed by atoms with Crippen molar-refractivity contribution in [3.8, 4) is 0 Å². The number of carbonyl (C=O) groups excluding carboxylic acids is 3. The third-order valence-electron chi connectivity index (χ3n) is 6.11. The van der Waals surface area contributed by atoms with Gasteiger partial charge in [0.1, 0.15) is 6.61 Å². The number of benzene rings is 2. The Bertz CT molecular complexity index is 927. The van der Waals surface area contributed by atoms with Crippen molar-refractivity contribution < 1.29 is 19.1 Å². The van der Waals surface area contributed by atoms with Gasteiger partial charge in [0.2, 0.25) is 11.8 Å². The van der Waals surface area contributed by atoms with Crippen LogP contribution < -0.4 is 5.32 Å². The van der Waals surface area contributed by atoms with Gasteiger partial charge in [0.05, 0.1) is 5.92 Å². The summed E-state index contributed by atoms with van der Waals surface area (Å²) < 4.78 is 5.39. The first kappa shape index (κ1) is 21.9. The molecule has 2 aliphatic heterocycles. The van der Waals surface area contributed by atoms with E-state index in [9.17, 15) is 14.4 Å². The van der Waals surface area contributed by atoms with E-state index in [-0.39, 0.29) is 42.9 Å². The average molecular weight is 436 g/mol. The van der Waals surface area contributed by atoms with Gasteiger partial charge in [0.15, 0.2) is 0 Å². The Morgan fingerprint density at radius 2 is 1.56 bits per heavy atom. The van der Waals surface area contributed by atoms with Gasteiger partial charge in [-0.1, -0.05) is 60.7 Å². The van der Waals surface area contributed by atoms with E-state index in [0.29, 0.717) is 39.0 Å². The summed E-state index contributed by atoms with van der Waals surface area (Å²) in [5.74, 6) is -0.371. The summed E-state index contributed by atoms with van der Waals surface area (Å²) in [4.78, 5) is 40.8. The van der Waals surface area contributed by atoms with E-state index < -0.39 is 0 Å². The number of nitrogens with zero attached hydrogens (tertiary/aromatic N) is 2. The molecule has 4 rings (SSSR count). The van der Waals surface area contributed by atoms with Crippen molar-refractivity contribution in [3.63, 3.8) is 0 Å². The third kappa shape index (κ3) is 5.66. The molecular weight excluding hydrogens is 406 g/mol. The first-order chi connectivity index (χ1) is 15.6. The van der Waals surface area contributed by atoms with E-state index in [4.69, 9.17) is 4.74 Å². The quantitative estimate of drug-likeness (QED) is 0.757. The summed E-state index contributed by atoms with van der Waals surface area (Å²) in [6.45, 7) is 2.33. The SMILES string of the molecule is O=C(NC1CCN(C(=O)OCc2ccccc2)CC1)C1CC(=O)N(Cc2ccccc2)C1. The van der Waals surface area contributed by atoms with Crippen molar-refractivity contribution in [1.82, 2.24) is 15.1 Å². The first-order valence-corrected chi connectivity index (χ1v) is 11.2. The monoisotopic (exact) mass is 435 g/mol. The Hall–Kier alpha value is -3.35. The lowest BCUT2D eigenvalue weighted by molar-refractivity contribution is -0.129. The molecule has 0 aromatic heterocycles. The normalized spacial score (nSPS) is 19.1. The largest absolute Gasteiger partial charge is 0.445 e. The minimum Gasteiger partial charge on any atom is -0.445 e. The van der Waals surface area contributed by atoms with Gasteiger partial charge in [-0.15, -0.1) is 0 Å². The van der Waals surface area contributed by atoms with E-state index >= 15 is 0 Å². The van der Waals surface area contributed by atoms with Gasteiger partial charge in [-0.3, -0.25) is 9.59 Å². The molecule has 1 N–H and O–H groups in total. The lowest BCUT2D eigenvalue weighted by Crippen LogP contribution is -2.48. The van der Waals surface area contributed by atoms with Crippen LogP contribution in [0.4, 0.5) is 4.79 Å². The standard InChI is InChI=1S/C25H29N3O4/c29-23-15-21(17-28(23)16-19-7-3-1-4-8-19)24(30)26-22-11-13-27(14-12-22)25(31)32-18-20-9-5-2-6-10-20/h1-10,21-22H,11-18H2,(H,26,30). The van der Waals surface area contributed by atoms with Crippen LogP contribution in [0.3, 0.4) is 0 Å². The number of rotatable bonds is 6. The molecule has 0 bridgehead atoms. The van der Waals surface area contributed by atoms with Gasteiger partial charge < -0.3 is 19.9 Å². The highest BCUT2D eigenvalue weighted by Gasteiger charge is 2.35. The molecule has 0 radical (unpaired) electrons. The smallest absolute Gasteiger partial charge is 0.410 e. The lowest BCUT2D eigenvalue weighted by atomic mass is 10.0. The summed E-state index contributed by atoms with van der Waals surface area (Å²) in [5, 5.41) is 3.09. The van der Waals surface area contributed by atoms with Crippen LogP contribution in [0.1, 0.15) is 30.4 Å². The minimum absolute atomic E-state index is 0.0129. The summed E-state index contributed by atoms with van der Waals surface area (Å²) >= 11 is 0. The van der Waals surface area contributed by atoms with Gasteiger partial charge in [-0.05, 0) is 24.0 Å². The number of likely N-dealkylation sites (tertiary alicyclic amines) is 2. The predicted molar refractivity (Wildman–Crippen MR) is 119 cm³/mol. The number of hydrogen-bond acceptors (Lipinski definition) is 4. The van der Waals surface area contributed by atoms with E-state index in [1.165, 1.54) is 0 Å². The van der Waals surface area contributed by atoms with Crippen molar-refractivity contribution in [3.05, 3.63) is 71.8 Å². The predicted octanol–water partition coefficient (Wildman–Crippen LogP) is 2.95. The van der Waals surface area contributed by atoms with Crippen LogP contribution in [0.15, 0.2) is 60.7 Å².